The second-order valence-corrected chi connectivity index (χ2v) is 8.48. The van der Waals surface area contributed by atoms with Crippen LogP contribution >= 0.6 is 0 Å². The average molecular weight is 444 g/mol. The number of nitrogens with two attached hydrogens (primary N) is 1. The Labute approximate surface area is 179 Å². The van der Waals surface area contributed by atoms with Crippen LogP contribution in [-0.2, 0) is 23.2 Å². The number of benzene rings is 2. The summed E-state index contributed by atoms with van der Waals surface area (Å²) in [7, 11) is -3.96. The van der Waals surface area contributed by atoms with Gasteiger partial charge in [0.15, 0.2) is 0 Å². The summed E-state index contributed by atoms with van der Waals surface area (Å²) in [6.07, 6.45) is 4.40. The minimum atomic E-state index is -3.96. The molecule has 0 saturated heterocycles. The lowest BCUT2D eigenvalue weighted by atomic mass is 10.0. The quantitative estimate of drug-likeness (QED) is 0.563. The standard InChI is InChI=1S/C22H22FN3O4S/c1-15-20(17-10-11-19(23)18(13-17)14-24)25-26(22(27)21(15)30-31(2,28)29)12-6-9-16-7-4-3-5-8-16/h3-11,13H,12,14,24H2,1-2H3. The molecule has 2 N–H and O–H groups in total. The molecule has 0 saturated carbocycles. The average Bonchev–Trinajstić information content (AvgIpc) is 2.73. The summed E-state index contributed by atoms with van der Waals surface area (Å²) < 4.78 is 43.5. The number of nitrogens with zero attached hydrogens (tertiary/aromatic N) is 2. The van der Waals surface area contributed by atoms with Gasteiger partial charge in [0.25, 0.3) is 0 Å². The number of halogens is 1. The first-order chi connectivity index (χ1) is 14.7. The van der Waals surface area contributed by atoms with E-state index >= 15 is 0 Å². The lowest BCUT2D eigenvalue weighted by molar-refractivity contribution is 0.477. The van der Waals surface area contributed by atoms with Crippen molar-refractivity contribution in [1.29, 1.82) is 0 Å². The summed E-state index contributed by atoms with van der Waals surface area (Å²) in [6.45, 7) is 1.58. The Bertz CT molecular complexity index is 1290. The molecule has 0 radical (unpaired) electrons. The lowest BCUT2D eigenvalue weighted by Gasteiger charge is -2.14. The van der Waals surface area contributed by atoms with Gasteiger partial charge >= 0.3 is 15.7 Å². The van der Waals surface area contributed by atoms with E-state index in [9.17, 15) is 17.6 Å². The zero-order valence-electron chi connectivity index (χ0n) is 17.1. The van der Waals surface area contributed by atoms with Crippen molar-refractivity contribution < 1.29 is 17.0 Å². The Morgan fingerprint density at radius 2 is 1.90 bits per heavy atom. The van der Waals surface area contributed by atoms with Crippen molar-refractivity contribution in [1.82, 2.24) is 9.78 Å². The summed E-state index contributed by atoms with van der Waals surface area (Å²) in [5.41, 5.74) is 7.11. The molecule has 0 aliphatic rings. The SMILES string of the molecule is Cc1c(-c2ccc(F)c(CN)c2)nn(CC=Cc2ccccc2)c(=O)c1OS(C)(=O)=O. The second-order valence-electron chi connectivity index (χ2n) is 6.90. The van der Waals surface area contributed by atoms with Gasteiger partial charge in [-0.3, -0.25) is 4.79 Å². The predicted octanol–water partition coefficient (Wildman–Crippen LogP) is 2.87. The smallest absolute Gasteiger partial charge is 0.311 e. The number of hydrogen-bond acceptors (Lipinski definition) is 6. The van der Waals surface area contributed by atoms with Gasteiger partial charge < -0.3 is 9.92 Å². The minimum absolute atomic E-state index is 0.0229. The van der Waals surface area contributed by atoms with E-state index in [1.54, 1.807) is 6.08 Å². The molecule has 0 aliphatic heterocycles. The van der Waals surface area contributed by atoms with Gasteiger partial charge in [0.05, 0.1) is 18.5 Å². The molecule has 0 atom stereocenters. The first-order valence-electron chi connectivity index (χ1n) is 9.41. The van der Waals surface area contributed by atoms with Crippen LogP contribution in [0.25, 0.3) is 17.3 Å². The van der Waals surface area contributed by atoms with Crippen molar-refractivity contribution in [2.45, 2.75) is 20.0 Å². The van der Waals surface area contributed by atoms with Crippen LogP contribution in [0.2, 0.25) is 0 Å². The summed E-state index contributed by atoms with van der Waals surface area (Å²) in [4.78, 5) is 12.9. The van der Waals surface area contributed by atoms with Crippen LogP contribution in [0.4, 0.5) is 4.39 Å². The van der Waals surface area contributed by atoms with E-state index in [2.05, 4.69) is 5.10 Å². The highest BCUT2D eigenvalue weighted by Gasteiger charge is 2.20. The minimum Gasteiger partial charge on any atom is -0.376 e. The second kappa shape index (κ2) is 9.23. The largest absolute Gasteiger partial charge is 0.376 e. The Balaban J connectivity index is 2.12. The molecule has 3 rings (SSSR count). The number of rotatable bonds is 7. The van der Waals surface area contributed by atoms with E-state index in [0.717, 1.165) is 16.5 Å². The number of hydrogen-bond donors (Lipinski definition) is 1. The van der Waals surface area contributed by atoms with Crippen molar-refractivity contribution in [3.8, 4) is 17.0 Å². The molecule has 1 aromatic heterocycles. The molecule has 9 heteroatoms. The molecular formula is C22H22FN3O4S. The van der Waals surface area contributed by atoms with Gasteiger partial charge in [-0.05, 0) is 30.7 Å². The van der Waals surface area contributed by atoms with E-state index in [-0.39, 0.29) is 30.0 Å². The van der Waals surface area contributed by atoms with E-state index in [1.807, 2.05) is 36.4 Å². The monoisotopic (exact) mass is 443 g/mol. The number of aromatic nitrogens is 2. The third-order valence-corrected chi connectivity index (χ3v) is 4.98. The van der Waals surface area contributed by atoms with Crippen LogP contribution in [0.15, 0.2) is 59.4 Å². The van der Waals surface area contributed by atoms with Gasteiger partial charge in [-0.25, -0.2) is 9.07 Å². The molecule has 3 aromatic rings. The maximum Gasteiger partial charge on any atom is 0.311 e. The van der Waals surface area contributed by atoms with Crippen LogP contribution in [0.1, 0.15) is 16.7 Å². The van der Waals surface area contributed by atoms with Gasteiger partial charge in [0, 0.05) is 23.2 Å². The fourth-order valence-electron chi connectivity index (χ4n) is 3.01. The molecule has 0 amide bonds. The molecule has 2 aromatic carbocycles. The van der Waals surface area contributed by atoms with E-state index in [0.29, 0.717) is 11.3 Å². The molecule has 162 valence electrons. The van der Waals surface area contributed by atoms with E-state index < -0.39 is 21.5 Å². The van der Waals surface area contributed by atoms with Gasteiger partial charge in [0.1, 0.15) is 5.82 Å². The third kappa shape index (κ3) is 5.44. The maximum atomic E-state index is 13.9. The van der Waals surface area contributed by atoms with Crippen molar-refractivity contribution in [3.63, 3.8) is 0 Å². The Morgan fingerprint density at radius 1 is 1.19 bits per heavy atom. The molecule has 0 aliphatic carbocycles. The summed E-state index contributed by atoms with van der Waals surface area (Å²) >= 11 is 0. The zero-order chi connectivity index (χ0) is 22.6. The molecule has 1 heterocycles. The molecule has 0 fully saturated rings. The summed E-state index contributed by atoms with van der Waals surface area (Å²) in [6, 6.07) is 13.7. The third-order valence-electron chi connectivity index (χ3n) is 4.51. The van der Waals surface area contributed by atoms with Crippen molar-refractivity contribution in [3.05, 3.63) is 87.5 Å². The van der Waals surface area contributed by atoms with Gasteiger partial charge in [-0.15, -0.1) is 0 Å². The summed E-state index contributed by atoms with van der Waals surface area (Å²) in [5.74, 6) is -0.810. The van der Waals surface area contributed by atoms with Gasteiger partial charge in [0.2, 0.25) is 5.75 Å². The van der Waals surface area contributed by atoms with E-state index in [1.165, 1.54) is 25.1 Å². The maximum absolute atomic E-state index is 13.9. The molecule has 7 nitrogen and oxygen atoms in total. The fraction of sp³-hybridized carbons (Fsp3) is 0.182. The Hall–Kier alpha value is -3.30. The molecular weight excluding hydrogens is 421 g/mol. The van der Waals surface area contributed by atoms with Gasteiger partial charge in [-0.1, -0.05) is 42.5 Å². The van der Waals surface area contributed by atoms with Crippen LogP contribution in [0.5, 0.6) is 5.75 Å². The van der Waals surface area contributed by atoms with Crippen LogP contribution in [-0.4, -0.2) is 24.5 Å². The highest BCUT2D eigenvalue weighted by Crippen LogP contribution is 2.27. The fourth-order valence-corrected chi connectivity index (χ4v) is 3.50. The molecule has 0 spiro atoms. The van der Waals surface area contributed by atoms with Crippen molar-refractivity contribution in [2.75, 3.05) is 6.26 Å². The Morgan fingerprint density at radius 3 is 2.55 bits per heavy atom. The van der Waals surface area contributed by atoms with Gasteiger partial charge in [-0.2, -0.15) is 13.5 Å². The van der Waals surface area contributed by atoms with Crippen LogP contribution in [0.3, 0.4) is 0 Å². The van der Waals surface area contributed by atoms with Crippen molar-refractivity contribution in [2.24, 2.45) is 5.73 Å². The highest BCUT2D eigenvalue weighted by molar-refractivity contribution is 7.86. The highest BCUT2D eigenvalue weighted by atomic mass is 32.2. The molecule has 0 bridgehead atoms. The lowest BCUT2D eigenvalue weighted by Crippen LogP contribution is -2.27. The van der Waals surface area contributed by atoms with E-state index in [4.69, 9.17) is 9.92 Å². The summed E-state index contributed by atoms with van der Waals surface area (Å²) in [5, 5.41) is 4.38. The predicted molar refractivity (Wildman–Crippen MR) is 117 cm³/mol. The topological polar surface area (TPSA) is 104 Å². The zero-order valence-corrected chi connectivity index (χ0v) is 17.9. The molecule has 0 unspecified atom stereocenters. The molecule has 31 heavy (non-hydrogen) atoms. The van der Waals surface area contributed by atoms with Crippen LogP contribution in [0, 0.1) is 12.7 Å². The normalized spacial score (nSPS) is 11.7. The number of allylic oxidation sites excluding steroid dienone is 1. The van der Waals surface area contributed by atoms with Crippen LogP contribution < -0.4 is 15.5 Å². The first-order valence-corrected chi connectivity index (χ1v) is 11.2. The first kappa shape index (κ1) is 22.4. The van der Waals surface area contributed by atoms with Crippen molar-refractivity contribution >= 4 is 16.2 Å². The Kier molecular flexibility index (Phi) is 6.67.